The van der Waals surface area contributed by atoms with Gasteiger partial charge in [0.05, 0.1) is 13.2 Å². The van der Waals surface area contributed by atoms with Gasteiger partial charge in [-0.2, -0.15) is 0 Å². The van der Waals surface area contributed by atoms with Crippen LogP contribution in [0.4, 0.5) is 11.4 Å². The van der Waals surface area contributed by atoms with Crippen molar-refractivity contribution in [2.75, 3.05) is 13.2 Å². The van der Waals surface area contributed by atoms with Gasteiger partial charge in [0.1, 0.15) is 0 Å². The minimum absolute atomic E-state index is 0.446. The average Bonchev–Trinajstić information content (AvgIpc) is 2.51. The predicted molar refractivity (Wildman–Crippen MR) is 80.6 cm³/mol. The Bertz CT molecular complexity index is 612. The van der Waals surface area contributed by atoms with Crippen LogP contribution >= 0.6 is 0 Å². The molecule has 2 rings (SSSR count). The van der Waals surface area contributed by atoms with Gasteiger partial charge in [-0.15, -0.1) is 0 Å². The Balaban J connectivity index is 2.41. The summed E-state index contributed by atoms with van der Waals surface area (Å²) in [6.07, 6.45) is 0. The van der Waals surface area contributed by atoms with Gasteiger partial charge in [0.2, 0.25) is 5.69 Å². The van der Waals surface area contributed by atoms with Crippen molar-refractivity contribution >= 4 is 11.4 Å². The van der Waals surface area contributed by atoms with Crippen LogP contribution in [0, 0.1) is 5.21 Å². The summed E-state index contributed by atoms with van der Waals surface area (Å²) < 4.78 is 11.1. The molecular weight excluding hydrogens is 268 g/mol. The highest BCUT2D eigenvalue weighted by Gasteiger charge is 2.13. The van der Waals surface area contributed by atoms with E-state index in [1.54, 1.807) is 42.5 Å². The monoisotopic (exact) mass is 286 g/mol. The van der Waals surface area contributed by atoms with Gasteiger partial charge in [-0.1, -0.05) is 24.3 Å². The number of benzene rings is 2. The van der Waals surface area contributed by atoms with Crippen LogP contribution in [0.15, 0.2) is 53.6 Å². The van der Waals surface area contributed by atoms with E-state index in [0.29, 0.717) is 40.9 Å². The Morgan fingerprint density at radius 2 is 1.67 bits per heavy atom. The summed E-state index contributed by atoms with van der Waals surface area (Å²) in [5.41, 5.74) is 0.906. The lowest BCUT2D eigenvalue weighted by Crippen LogP contribution is -1.99. The van der Waals surface area contributed by atoms with E-state index in [9.17, 15) is 5.21 Å². The van der Waals surface area contributed by atoms with Gasteiger partial charge >= 0.3 is 0 Å². The van der Waals surface area contributed by atoms with Gasteiger partial charge in [-0.25, -0.2) is 0 Å². The zero-order valence-corrected chi connectivity index (χ0v) is 12.2. The number of hydrogen-bond donors (Lipinski definition) is 0. The molecule has 2 aromatic carbocycles. The van der Waals surface area contributed by atoms with Gasteiger partial charge < -0.3 is 14.7 Å². The second kappa shape index (κ2) is 7.28. The van der Waals surface area contributed by atoms with Crippen LogP contribution in [0.3, 0.4) is 0 Å². The van der Waals surface area contributed by atoms with Crippen molar-refractivity contribution in [2.24, 2.45) is 5.11 Å². The molecule has 0 bridgehead atoms. The zero-order chi connectivity index (χ0) is 15.1. The molecule has 0 aliphatic rings. The summed E-state index contributed by atoms with van der Waals surface area (Å²) in [7, 11) is 0. The van der Waals surface area contributed by atoms with Crippen molar-refractivity contribution in [1.82, 2.24) is 0 Å². The molecular formula is C16H18N2O3. The zero-order valence-electron chi connectivity index (χ0n) is 12.2. The highest BCUT2D eigenvalue weighted by atomic mass is 16.5. The second-order valence-electron chi connectivity index (χ2n) is 4.18. The minimum Gasteiger partial charge on any atom is -0.594 e. The molecule has 0 N–H and O–H groups in total. The Hall–Kier alpha value is -2.56. The summed E-state index contributed by atoms with van der Waals surface area (Å²) in [5, 5.41) is 16.2. The van der Waals surface area contributed by atoms with Crippen molar-refractivity contribution in [3.8, 4) is 11.5 Å². The smallest absolute Gasteiger partial charge is 0.244 e. The molecule has 5 nitrogen and oxygen atoms in total. The maximum absolute atomic E-state index is 12.1. The Labute approximate surface area is 124 Å². The lowest BCUT2D eigenvalue weighted by Gasteiger charge is -2.11. The van der Waals surface area contributed by atoms with Crippen molar-refractivity contribution in [3.05, 3.63) is 53.7 Å². The fourth-order valence-corrected chi connectivity index (χ4v) is 1.85. The molecule has 0 amide bonds. The summed E-state index contributed by atoms with van der Waals surface area (Å²) in [5.74, 6) is 1.07. The normalized spacial score (nSPS) is 11.2. The summed E-state index contributed by atoms with van der Waals surface area (Å²) in [6.45, 7) is 4.75. The van der Waals surface area contributed by atoms with Gasteiger partial charge in [0, 0.05) is 17.2 Å². The topological polar surface area (TPSA) is 56.9 Å². The Kier molecular flexibility index (Phi) is 5.15. The number of azo groups is 1. The average molecular weight is 286 g/mol. The van der Waals surface area contributed by atoms with Crippen LogP contribution < -0.4 is 9.47 Å². The van der Waals surface area contributed by atoms with E-state index in [-0.39, 0.29) is 0 Å². The van der Waals surface area contributed by atoms with Gasteiger partial charge in [0.15, 0.2) is 17.2 Å². The van der Waals surface area contributed by atoms with E-state index < -0.39 is 0 Å². The van der Waals surface area contributed by atoms with E-state index in [2.05, 4.69) is 5.11 Å². The molecule has 0 fully saturated rings. The maximum atomic E-state index is 12.1. The van der Waals surface area contributed by atoms with Crippen molar-refractivity contribution in [3.63, 3.8) is 0 Å². The highest BCUT2D eigenvalue weighted by molar-refractivity contribution is 5.59. The lowest BCUT2D eigenvalue weighted by atomic mass is 10.2. The third-order valence-corrected chi connectivity index (χ3v) is 2.72. The molecule has 0 unspecified atom stereocenters. The van der Waals surface area contributed by atoms with Crippen molar-refractivity contribution in [1.29, 1.82) is 0 Å². The minimum atomic E-state index is 0.446. The van der Waals surface area contributed by atoms with Crippen LogP contribution in [0.5, 0.6) is 11.5 Å². The first-order valence-electron chi connectivity index (χ1n) is 6.88. The molecule has 0 aliphatic heterocycles. The van der Waals surface area contributed by atoms with Crippen LogP contribution in [0.1, 0.15) is 13.8 Å². The maximum Gasteiger partial charge on any atom is 0.244 e. The van der Waals surface area contributed by atoms with Gasteiger partial charge in [0.25, 0.3) is 0 Å². The Morgan fingerprint density at radius 1 is 0.952 bits per heavy atom. The van der Waals surface area contributed by atoms with E-state index >= 15 is 0 Å². The molecule has 21 heavy (non-hydrogen) atoms. The Morgan fingerprint density at radius 3 is 2.33 bits per heavy atom. The summed E-state index contributed by atoms with van der Waals surface area (Å²) in [6, 6.07) is 14.1. The fourth-order valence-electron chi connectivity index (χ4n) is 1.85. The van der Waals surface area contributed by atoms with Gasteiger partial charge in [-0.3, -0.25) is 0 Å². The van der Waals surface area contributed by atoms with Crippen LogP contribution in [0.2, 0.25) is 0 Å². The number of rotatable bonds is 6. The van der Waals surface area contributed by atoms with Crippen molar-refractivity contribution in [2.45, 2.75) is 13.8 Å². The highest BCUT2D eigenvalue weighted by Crippen LogP contribution is 2.38. The molecule has 0 saturated heterocycles. The standard InChI is InChI=1S/C16H18N2O3/c1-3-20-15-12-8-11-14(16(15)21-4-2)17-18(19)13-9-6-5-7-10-13/h5-12H,3-4H2,1-2H3. The summed E-state index contributed by atoms with van der Waals surface area (Å²) in [4.78, 5) is 0.577. The van der Waals surface area contributed by atoms with Crippen LogP contribution in [-0.4, -0.2) is 18.1 Å². The molecule has 0 heterocycles. The van der Waals surface area contributed by atoms with Crippen molar-refractivity contribution < 1.29 is 14.3 Å². The first kappa shape index (κ1) is 14.8. The van der Waals surface area contributed by atoms with Crippen LogP contribution in [0.25, 0.3) is 0 Å². The third kappa shape index (κ3) is 3.72. The number of para-hydroxylation sites is 2. The van der Waals surface area contributed by atoms with E-state index in [4.69, 9.17) is 9.47 Å². The molecule has 5 heteroatoms. The second-order valence-corrected chi connectivity index (χ2v) is 4.18. The number of nitrogens with zero attached hydrogens (tertiary/aromatic N) is 2. The van der Waals surface area contributed by atoms with Gasteiger partial charge in [-0.05, 0) is 30.8 Å². The molecule has 2 aromatic rings. The molecule has 0 saturated carbocycles. The molecule has 0 radical (unpaired) electrons. The molecule has 0 aliphatic carbocycles. The quantitative estimate of drug-likeness (QED) is 0.449. The molecule has 0 aromatic heterocycles. The summed E-state index contributed by atoms with van der Waals surface area (Å²) >= 11 is 0. The van der Waals surface area contributed by atoms with E-state index in [1.165, 1.54) is 0 Å². The lowest BCUT2D eigenvalue weighted by molar-refractivity contribution is -0.435. The third-order valence-electron chi connectivity index (χ3n) is 2.72. The van der Waals surface area contributed by atoms with E-state index in [0.717, 1.165) is 0 Å². The largest absolute Gasteiger partial charge is 0.594 e. The van der Waals surface area contributed by atoms with E-state index in [1.807, 2.05) is 19.9 Å². The molecule has 0 spiro atoms. The predicted octanol–water partition coefficient (Wildman–Crippen LogP) is 4.41. The first-order chi connectivity index (χ1) is 10.3. The first-order valence-corrected chi connectivity index (χ1v) is 6.88. The fraction of sp³-hybridized carbons (Fsp3) is 0.250. The molecule has 0 atom stereocenters. The number of hydrogen-bond acceptors (Lipinski definition) is 4. The SMILES string of the molecule is CCOc1cccc(N=[N+]([O-])c2ccccc2)c1OCC. The number of ether oxygens (including phenoxy) is 2. The molecule has 110 valence electrons. The van der Waals surface area contributed by atoms with Crippen LogP contribution in [-0.2, 0) is 0 Å².